The molecule has 0 bridgehead atoms. The largest absolute Gasteiger partial charge is 0.481 e. The van der Waals surface area contributed by atoms with Crippen LogP contribution in [0.1, 0.15) is 26.7 Å². The molecule has 1 fully saturated rings. The quantitative estimate of drug-likeness (QED) is 0.730. The van der Waals surface area contributed by atoms with Crippen LogP contribution >= 0.6 is 0 Å². The standard InChI is InChI=1S/C16H25N5O4/c1-9(2)13(15(23)21-7-5-6-10(21)14(17)22)20-16-18-11(24-3)8-12(19-16)25-4/h8-10,13H,5-7H2,1-4H3,(H2,17,22)(H,18,19,20)/t10-,13?/m0/s1. The molecule has 1 saturated heterocycles. The van der Waals surface area contributed by atoms with Gasteiger partial charge in [0.25, 0.3) is 0 Å². The molecule has 1 aromatic heterocycles. The van der Waals surface area contributed by atoms with Gasteiger partial charge in [-0.3, -0.25) is 9.59 Å². The lowest BCUT2D eigenvalue weighted by atomic mass is 10.0. The number of ether oxygens (including phenoxy) is 2. The first-order chi connectivity index (χ1) is 11.9. The molecule has 9 nitrogen and oxygen atoms in total. The summed E-state index contributed by atoms with van der Waals surface area (Å²) in [5.41, 5.74) is 5.42. The zero-order valence-electron chi connectivity index (χ0n) is 15.0. The SMILES string of the molecule is COc1cc(OC)nc(NC(C(=O)N2CCC[C@H]2C(N)=O)C(C)C)n1. The number of nitrogens with two attached hydrogens (primary N) is 1. The minimum Gasteiger partial charge on any atom is -0.481 e. The molecule has 0 saturated carbocycles. The third-order valence-electron chi connectivity index (χ3n) is 4.18. The van der Waals surface area contributed by atoms with Crippen molar-refractivity contribution >= 4 is 17.8 Å². The van der Waals surface area contributed by atoms with Crippen LogP contribution in [-0.4, -0.2) is 59.5 Å². The van der Waals surface area contributed by atoms with E-state index < -0.39 is 18.0 Å². The highest BCUT2D eigenvalue weighted by Gasteiger charge is 2.37. The molecule has 2 heterocycles. The molecular weight excluding hydrogens is 326 g/mol. The summed E-state index contributed by atoms with van der Waals surface area (Å²) >= 11 is 0. The van der Waals surface area contributed by atoms with E-state index in [1.165, 1.54) is 19.1 Å². The molecule has 1 aliphatic rings. The lowest BCUT2D eigenvalue weighted by Gasteiger charge is -2.29. The van der Waals surface area contributed by atoms with Gasteiger partial charge < -0.3 is 25.4 Å². The predicted octanol–water partition coefficient (Wildman–Crippen LogP) is 0.407. The maximum absolute atomic E-state index is 13.0. The van der Waals surface area contributed by atoms with Crippen molar-refractivity contribution in [2.45, 2.75) is 38.8 Å². The molecule has 0 spiro atoms. The maximum atomic E-state index is 13.0. The number of nitrogens with zero attached hydrogens (tertiary/aromatic N) is 3. The Kier molecular flexibility index (Phi) is 6.00. The van der Waals surface area contributed by atoms with Crippen LogP contribution in [0.15, 0.2) is 6.07 Å². The number of hydrogen-bond donors (Lipinski definition) is 2. The van der Waals surface area contributed by atoms with Crippen molar-refractivity contribution in [1.82, 2.24) is 14.9 Å². The van der Waals surface area contributed by atoms with Crippen LogP contribution in [0.3, 0.4) is 0 Å². The van der Waals surface area contributed by atoms with Crippen molar-refractivity contribution in [1.29, 1.82) is 0 Å². The second-order valence-electron chi connectivity index (χ2n) is 6.23. The number of hydrogen-bond acceptors (Lipinski definition) is 7. The summed E-state index contributed by atoms with van der Waals surface area (Å²) in [6, 6.07) is 0.383. The minimum atomic E-state index is -0.600. The molecule has 1 aromatic rings. The van der Waals surface area contributed by atoms with Gasteiger partial charge in [0.2, 0.25) is 29.5 Å². The number of rotatable bonds is 7. The summed E-state index contributed by atoms with van der Waals surface area (Å²) in [7, 11) is 2.97. The van der Waals surface area contributed by atoms with Crippen molar-refractivity contribution in [2.24, 2.45) is 11.7 Å². The van der Waals surface area contributed by atoms with Crippen LogP contribution in [0.25, 0.3) is 0 Å². The second kappa shape index (κ2) is 8.00. The summed E-state index contributed by atoms with van der Waals surface area (Å²) in [4.78, 5) is 34.5. The lowest BCUT2D eigenvalue weighted by Crippen LogP contribution is -2.51. The Morgan fingerprint density at radius 3 is 2.36 bits per heavy atom. The monoisotopic (exact) mass is 351 g/mol. The van der Waals surface area contributed by atoms with Gasteiger partial charge in [-0.15, -0.1) is 0 Å². The summed E-state index contributed by atoms with van der Waals surface area (Å²) in [5.74, 6) is 0.135. The highest BCUT2D eigenvalue weighted by Crippen LogP contribution is 2.23. The van der Waals surface area contributed by atoms with E-state index in [0.717, 1.165) is 6.42 Å². The van der Waals surface area contributed by atoms with Crippen molar-refractivity contribution in [2.75, 3.05) is 26.1 Å². The van der Waals surface area contributed by atoms with Gasteiger partial charge in [0.05, 0.1) is 20.3 Å². The number of likely N-dealkylation sites (tertiary alicyclic amines) is 1. The molecule has 0 aliphatic carbocycles. The molecule has 1 unspecified atom stereocenters. The number of amides is 2. The number of methoxy groups -OCH3 is 2. The van der Waals surface area contributed by atoms with E-state index in [4.69, 9.17) is 15.2 Å². The molecule has 1 aliphatic heterocycles. The first-order valence-electron chi connectivity index (χ1n) is 8.20. The third kappa shape index (κ3) is 4.28. The molecule has 3 N–H and O–H groups in total. The first kappa shape index (κ1) is 18.8. The zero-order valence-corrected chi connectivity index (χ0v) is 15.0. The Labute approximate surface area is 146 Å². The number of aromatic nitrogens is 2. The fourth-order valence-corrected chi connectivity index (χ4v) is 2.84. The van der Waals surface area contributed by atoms with Crippen molar-refractivity contribution in [3.63, 3.8) is 0 Å². The number of primary amides is 1. The number of carbonyl (C=O) groups is 2. The highest BCUT2D eigenvalue weighted by atomic mass is 16.5. The van der Waals surface area contributed by atoms with Crippen LogP contribution in [-0.2, 0) is 9.59 Å². The molecule has 2 amide bonds. The van der Waals surface area contributed by atoms with E-state index in [0.29, 0.717) is 24.7 Å². The molecule has 138 valence electrons. The number of nitrogens with one attached hydrogen (secondary N) is 1. The lowest BCUT2D eigenvalue weighted by molar-refractivity contribution is -0.138. The average molecular weight is 351 g/mol. The van der Waals surface area contributed by atoms with Gasteiger partial charge in [-0.2, -0.15) is 9.97 Å². The van der Waals surface area contributed by atoms with Gasteiger partial charge in [-0.1, -0.05) is 13.8 Å². The first-order valence-corrected chi connectivity index (χ1v) is 8.20. The van der Waals surface area contributed by atoms with Gasteiger partial charge in [0.1, 0.15) is 12.1 Å². The summed E-state index contributed by atoms with van der Waals surface area (Å²) in [5, 5.41) is 3.04. The molecule has 0 aromatic carbocycles. The fraction of sp³-hybridized carbons (Fsp3) is 0.625. The third-order valence-corrected chi connectivity index (χ3v) is 4.18. The molecule has 2 atom stereocenters. The van der Waals surface area contributed by atoms with Crippen molar-refractivity contribution in [3.8, 4) is 11.8 Å². The topological polar surface area (TPSA) is 120 Å². The van der Waals surface area contributed by atoms with Crippen LogP contribution in [0.5, 0.6) is 11.8 Å². The Morgan fingerprint density at radius 2 is 1.88 bits per heavy atom. The normalized spacial score (nSPS) is 18.1. The minimum absolute atomic E-state index is 0.0533. The number of anilines is 1. The van der Waals surface area contributed by atoms with E-state index in [1.54, 1.807) is 6.07 Å². The van der Waals surface area contributed by atoms with Crippen LogP contribution in [0, 0.1) is 5.92 Å². The van der Waals surface area contributed by atoms with E-state index in [9.17, 15) is 9.59 Å². The van der Waals surface area contributed by atoms with Crippen LogP contribution in [0.4, 0.5) is 5.95 Å². The van der Waals surface area contributed by atoms with Gasteiger partial charge >= 0.3 is 0 Å². The van der Waals surface area contributed by atoms with Crippen LogP contribution < -0.4 is 20.5 Å². The smallest absolute Gasteiger partial charge is 0.246 e. The summed E-state index contributed by atoms with van der Waals surface area (Å²) < 4.78 is 10.2. The Bertz CT molecular complexity index is 615. The molecule has 0 radical (unpaired) electrons. The molecule has 2 rings (SSSR count). The summed E-state index contributed by atoms with van der Waals surface area (Å²) in [6.45, 7) is 4.32. The zero-order chi connectivity index (χ0) is 18.6. The van der Waals surface area contributed by atoms with Gasteiger partial charge in [0.15, 0.2) is 0 Å². The Balaban J connectivity index is 2.24. The average Bonchev–Trinajstić information content (AvgIpc) is 3.08. The van der Waals surface area contributed by atoms with Crippen LogP contribution in [0.2, 0.25) is 0 Å². The Morgan fingerprint density at radius 1 is 1.28 bits per heavy atom. The van der Waals surface area contributed by atoms with Gasteiger partial charge in [0, 0.05) is 6.54 Å². The molecule has 25 heavy (non-hydrogen) atoms. The Hall–Kier alpha value is -2.58. The molecule has 9 heteroatoms. The van der Waals surface area contributed by atoms with E-state index >= 15 is 0 Å². The maximum Gasteiger partial charge on any atom is 0.246 e. The van der Waals surface area contributed by atoms with E-state index in [1.807, 2.05) is 13.8 Å². The second-order valence-corrected chi connectivity index (χ2v) is 6.23. The van der Waals surface area contributed by atoms with Crippen molar-refractivity contribution in [3.05, 3.63) is 6.07 Å². The van der Waals surface area contributed by atoms with E-state index in [2.05, 4.69) is 15.3 Å². The molecular formula is C16H25N5O4. The van der Waals surface area contributed by atoms with E-state index in [-0.39, 0.29) is 17.8 Å². The van der Waals surface area contributed by atoms with Crippen molar-refractivity contribution < 1.29 is 19.1 Å². The highest BCUT2D eigenvalue weighted by molar-refractivity contribution is 5.91. The summed E-state index contributed by atoms with van der Waals surface area (Å²) in [6.07, 6.45) is 1.35. The fourth-order valence-electron chi connectivity index (χ4n) is 2.84. The predicted molar refractivity (Wildman–Crippen MR) is 91.3 cm³/mol. The van der Waals surface area contributed by atoms with Gasteiger partial charge in [-0.05, 0) is 18.8 Å². The van der Waals surface area contributed by atoms with Gasteiger partial charge in [-0.25, -0.2) is 0 Å². The number of carbonyl (C=O) groups excluding carboxylic acids is 2.